The number of nitrogens with two attached hydrogens (primary N) is 1. The smallest absolute Gasteiger partial charge is 0.145 e. The Morgan fingerprint density at radius 1 is 1.03 bits per heavy atom. The fourth-order valence-corrected chi connectivity index (χ4v) is 6.55. The van der Waals surface area contributed by atoms with Crippen LogP contribution in [0.3, 0.4) is 0 Å². The zero-order valence-corrected chi connectivity index (χ0v) is 21.6. The van der Waals surface area contributed by atoms with Gasteiger partial charge in [0.15, 0.2) is 0 Å². The van der Waals surface area contributed by atoms with E-state index in [9.17, 15) is 0 Å². The van der Waals surface area contributed by atoms with Crippen LogP contribution in [0.5, 0.6) is 0 Å². The van der Waals surface area contributed by atoms with E-state index in [-0.39, 0.29) is 0 Å². The Hall–Kier alpha value is -2.36. The highest BCUT2D eigenvalue weighted by Gasteiger charge is 2.36. The molecule has 4 heteroatoms. The van der Waals surface area contributed by atoms with Crippen LogP contribution in [-0.4, -0.2) is 14.5 Å². The number of rotatable bonds is 5. The summed E-state index contributed by atoms with van der Waals surface area (Å²) in [5, 5.41) is 0.980. The Balaban J connectivity index is 0.000000178. The Bertz CT molecular complexity index is 901. The molecule has 2 aromatic rings. The lowest BCUT2D eigenvalue weighted by Gasteiger charge is -2.20. The van der Waals surface area contributed by atoms with E-state index < -0.39 is 0 Å². The van der Waals surface area contributed by atoms with Gasteiger partial charge in [0.1, 0.15) is 17.8 Å². The molecular formula is C30H46N4. The van der Waals surface area contributed by atoms with Gasteiger partial charge in [-0.2, -0.15) is 0 Å². The van der Waals surface area contributed by atoms with Crippen molar-refractivity contribution in [3.63, 3.8) is 0 Å². The quantitative estimate of drug-likeness (QED) is 0.453. The summed E-state index contributed by atoms with van der Waals surface area (Å²) in [6.45, 7) is 11.6. The maximum atomic E-state index is 5.91. The summed E-state index contributed by atoms with van der Waals surface area (Å²) in [6, 6.07) is 2.60. The molecule has 3 atom stereocenters. The van der Waals surface area contributed by atoms with Crippen LogP contribution >= 0.6 is 0 Å². The lowest BCUT2D eigenvalue weighted by atomic mass is 9.85. The minimum Gasteiger partial charge on any atom is -0.383 e. The number of hydrogen-bond donors (Lipinski definition) is 1. The first-order valence-electron chi connectivity index (χ1n) is 13.5. The van der Waals surface area contributed by atoms with E-state index in [2.05, 4.69) is 47.7 Å². The van der Waals surface area contributed by atoms with Crippen LogP contribution in [0.15, 0.2) is 56.1 Å². The predicted molar refractivity (Wildman–Crippen MR) is 147 cm³/mol. The Kier molecular flexibility index (Phi) is 9.98. The summed E-state index contributed by atoms with van der Waals surface area (Å²) >= 11 is 0. The largest absolute Gasteiger partial charge is 0.383 e. The normalized spacial score (nSPS) is 25.2. The second-order valence-electron chi connectivity index (χ2n) is 10.7. The molecule has 0 bridgehead atoms. The standard InChI is InChI=1S/C15H22N4.C9H16.C6H8/c1-3-4-11-7-10(2)13(8-11)19-6-5-12-14(16)17-9-18-15(12)19;1-2-6-9(5-1)7-3-4-8-9;1-3-5-6-4-2/h5-6,9-11,13H,3-4,7-8H2,1-2H3,(H2,16,17,18);1-8H2;3-6H,1-2H2/b;;6-5-. The van der Waals surface area contributed by atoms with Crippen LogP contribution in [0.2, 0.25) is 0 Å². The van der Waals surface area contributed by atoms with Crippen molar-refractivity contribution in [1.82, 2.24) is 14.5 Å². The second-order valence-corrected chi connectivity index (χ2v) is 10.7. The summed E-state index contributed by atoms with van der Waals surface area (Å²) in [5.74, 6) is 2.16. The summed E-state index contributed by atoms with van der Waals surface area (Å²) < 4.78 is 2.31. The van der Waals surface area contributed by atoms with Gasteiger partial charge in [-0.25, -0.2) is 9.97 Å². The molecule has 0 aliphatic heterocycles. The summed E-state index contributed by atoms with van der Waals surface area (Å²) in [6.07, 6.45) is 28.4. The molecule has 3 fully saturated rings. The third-order valence-corrected chi connectivity index (χ3v) is 8.24. The van der Waals surface area contributed by atoms with Crippen molar-refractivity contribution in [2.24, 2.45) is 17.3 Å². The Morgan fingerprint density at radius 2 is 1.65 bits per heavy atom. The van der Waals surface area contributed by atoms with Crippen molar-refractivity contribution >= 4 is 16.9 Å². The van der Waals surface area contributed by atoms with Gasteiger partial charge >= 0.3 is 0 Å². The Morgan fingerprint density at radius 3 is 2.21 bits per heavy atom. The van der Waals surface area contributed by atoms with Crippen LogP contribution in [-0.2, 0) is 0 Å². The van der Waals surface area contributed by atoms with Gasteiger partial charge in [-0.05, 0) is 61.8 Å². The molecule has 2 N–H and O–H groups in total. The van der Waals surface area contributed by atoms with E-state index in [0.717, 1.165) is 22.4 Å². The van der Waals surface area contributed by atoms with Crippen LogP contribution in [0.4, 0.5) is 5.82 Å². The number of aromatic nitrogens is 3. The highest BCUT2D eigenvalue weighted by Crippen LogP contribution is 2.50. The van der Waals surface area contributed by atoms with Gasteiger partial charge < -0.3 is 10.3 Å². The van der Waals surface area contributed by atoms with Crippen LogP contribution < -0.4 is 5.73 Å². The lowest BCUT2D eigenvalue weighted by Crippen LogP contribution is -2.11. The van der Waals surface area contributed by atoms with Gasteiger partial charge in [-0.1, -0.05) is 89.8 Å². The van der Waals surface area contributed by atoms with E-state index in [1.54, 1.807) is 44.2 Å². The summed E-state index contributed by atoms with van der Waals surface area (Å²) in [4.78, 5) is 8.49. The van der Waals surface area contributed by atoms with E-state index >= 15 is 0 Å². The van der Waals surface area contributed by atoms with Gasteiger partial charge in [0.05, 0.1) is 5.39 Å². The maximum absolute atomic E-state index is 5.91. The molecule has 3 unspecified atom stereocenters. The van der Waals surface area contributed by atoms with Gasteiger partial charge in [0, 0.05) is 12.2 Å². The number of anilines is 1. The number of fused-ring (bicyclic) bond motifs is 1. The van der Waals surface area contributed by atoms with Crippen molar-refractivity contribution in [2.75, 3.05) is 5.73 Å². The average Bonchev–Trinajstić information content (AvgIpc) is 3.63. The first kappa shape index (κ1) is 26.2. The molecule has 186 valence electrons. The average molecular weight is 463 g/mol. The van der Waals surface area contributed by atoms with Gasteiger partial charge in [-0.3, -0.25) is 0 Å². The first-order valence-corrected chi connectivity index (χ1v) is 13.5. The molecule has 2 aromatic heterocycles. The molecule has 34 heavy (non-hydrogen) atoms. The van der Waals surface area contributed by atoms with Crippen molar-refractivity contribution in [1.29, 1.82) is 0 Å². The third-order valence-electron chi connectivity index (χ3n) is 8.24. The molecule has 3 aliphatic carbocycles. The molecule has 0 amide bonds. The lowest BCUT2D eigenvalue weighted by molar-refractivity contribution is 0.309. The van der Waals surface area contributed by atoms with E-state index in [4.69, 9.17) is 5.73 Å². The molecule has 3 aliphatic rings. The molecule has 3 saturated carbocycles. The highest BCUT2D eigenvalue weighted by molar-refractivity contribution is 5.86. The van der Waals surface area contributed by atoms with E-state index in [0.29, 0.717) is 17.8 Å². The molecule has 0 aromatic carbocycles. The maximum Gasteiger partial charge on any atom is 0.145 e. The summed E-state index contributed by atoms with van der Waals surface area (Å²) in [7, 11) is 0. The fraction of sp³-hybridized carbons (Fsp3) is 0.600. The molecule has 5 rings (SSSR count). The third kappa shape index (κ3) is 6.61. The van der Waals surface area contributed by atoms with Gasteiger partial charge in [0.2, 0.25) is 0 Å². The molecule has 0 radical (unpaired) electrons. The first-order chi connectivity index (χ1) is 16.5. The topological polar surface area (TPSA) is 56.7 Å². The molecule has 2 heterocycles. The number of hydrogen-bond acceptors (Lipinski definition) is 3. The van der Waals surface area contributed by atoms with Crippen LogP contribution in [0.1, 0.15) is 96.9 Å². The van der Waals surface area contributed by atoms with Crippen molar-refractivity contribution in [3.05, 3.63) is 56.1 Å². The summed E-state index contributed by atoms with van der Waals surface area (Å²) in [5.41, 5.74) is 7.79. The predicted octanol–water partition coefficient (Wildman–Crippen LogP) is 8.44. The van der Waals surface area contributed by atoms with Gasteiger partial charge in [0.25, 0.3) is 0 Å². The van der Waals surface area contributed by atoms with Crippen molar-refractivity contribution < 1.29 is 0 Å². The Labute approximate surface area is 207 Å². The molecule has 1 spiro atoms. The van der Waals surface area contributed by atoms with Crippen LogP contribution in [0, 0.1) is 17.3 Å². The van der Waals surface area contributed by atoms with Crippen molar-refractivity contribution in [2.45, 2.75) is 96.9 Å². The number of nitrogens with zero attached hydrogens (tertiary/aromatic N) is 3. The molecular weight excluding hydrogens is 416 g/mol. The van der Waals surface area contributed by atoms with Crippen LogP contribution in [0.25, 0.3) is 11.0 Å². The van der Waals surface area contributed by atoms with Gasteiger partial charge in [-0.15, -0.1) is 0 Å². The minimum absolute atomic E-state index is 0.559. The van der Waals surface area contributed by atoms with Crippen molar-refractivity contribution in [3.8, 4) is 0 Å². The fourth-order valence-electron chi connectivity index (χ4n) is 6.55. The second kappa shape index (κ2) is 12.9. The number of allylic oxidation sites excluding steroid dienone is 4. The zero-order valence-electron chi connectivity index (χ0n) is 21.6. The van der Waals surface area contributed by atoms with E-state index in [1.807, 2.05) is 18.2 Å². The monoisotopic (exact) mass is 462 g/mol. The highest BCUT2D eigenvalue weighted by atomic mass is 15.1. The zero-order chi connectivity index (χ0) is 24.4. The molecule has 4 nitrogen and oxygen atoms in total. The number of nitrogen functional groups attached to an aromatic ring is 1. The SMILES string of the molecule is C1CCC2(C1)CCCC2.C=C/C=C\C=C.CCCC1CC(C)C(n2ccc3c(N)ncnc32)C1. The minimum atomic E-state index is 0.559. The molecule has 0 saturated heterocycles. The van der Waals surface area contributed by atoms with E-state index in [1.165, 1.54) is 51.4 Å².